The molecule has 0 bridgehead atoms. The van der Waals surface area contributed by atoms with Crippen LogP contribution in [-0.2, 0) is 24.1 Å². The van der Waals surface area contributed by atoms with Crippen LogP contribution in [0.25, 0.3) is 0 Å². The molecule has 0 saturated carbocycles. The first-order chi connectivity index (χ1) is 11.1. The van der Waals surface area contributed by atoms with Gasteiger partial charge in [0.15, 0.2) is 0 Å². The number of hydrogen-bond donors (Lipinski definition) is 1. The Balaban J connectivity index is 1.81. The van der Waals surface area contributed by atoms with Crippen molar-refractivity contribution >= 4 is 37.8 Å². The molecule has 0 radical (unpaired) electrons. The van der Waals surface area contributed by atoms with Crippen molar-refractivity contribution in [2.45, 2.75) is 11.3 Å². The van der Waals surface area contributed by atoms with Crippen molar-refractivity contribution in [1.29, 1.82) is 0 Å². The zero-order chi connectivity index (χ0) is 16.7. The summed E-state index contributed by atoms with van der Waals surface area (Å²) in [5, 5.41) is 9.17. The Hall–Kier alpha value is -1.16. The van der Waals surface area contributed by atoms with E-state index in [-0.39, 0.29) is 10.7 Å². The molecule has 2 aromatic rings. The average Bonchev–Trinajstić information content (AvgIpc) is 2.55. The van der Waals surface area contributed by atoms with Crippen LogP contribution in [-0.4, -0.2) is 25.2 Å². The maximum absolute atomic E-state index is 11.9. The number of carboxylic acid groups (broad SMARTS) is 1. The van der Waals surface area contributed by atoms with E-state index in [2.05, 4.69) is 0 Å². The third-order valence-electron chi connectivity index (χ3n) is 2.86. The zero-order valence-corrected chi connectivity index (χ0v) is 16.7. The molecule has 0 fully saturated rings. The van der Waals surface area contributed by atoms with Crippen molar-refractivity contribution in [1.82, 2.24) is 0 Å². The van der Waals surface area contributed by atoms with Crippen LogP contribution in [0.3, 0.4) is 0 Å². The van der Waals surface area contributed by atoms with E-state index in [9.17, 15) is 9.59 Å². The molecule has 0 heterocycles. The summed E-state index contributed by atoms with van der Waals surface area (Å²) in [4.78, 5) is 23.9. The second-order valence-electron chi connectivity index (χ2n) is 4.56. The SMILES string of the molecule is O=C(CCS[C](=[W])c1cccc(C(=O)O)c1)Sc1ccccc1. The molecule has 0 spiro atoms. The van der Waals surface area contributed by atoms with Crippen molar-refractivity contribution in [3.8, 4) is 0 Å². The monoisotopic (exact) mass is 514 g/mol. The first-order valence-electron chi connectivity index (χ1n) is 6.82. The number of carbonyl (C=O) groups excluding carboxylic acids is 1. The summed E-state index contributed by atoms with van der Waals surface area (Å²) in [6.45, 7) is 0. The van der Waals surface area contributed by atoms with Crippen LogP contribution in [0.4, 0.5) is 0 Å². The molecular weight excluding hydrogens is 500 g/mol. The van der Waals surface area contributed by atoms with Gasteiger partial charge in [0.05, 0.1) is 0 Å². The van der Waals surface area contributed by atoms with Crippen LogP contribution in [0.1, 0.15) is 22.3 Å². The Bertz CT molecular complexity index is 717. The quantitative estimate of drug-likeness (QED) is 0.570. The van der Waals surface area contributed by atoms with Gasteiger partial charge in [0.25, 0.3) is 0 Å². The summed E-state index contributed by atoms with van der Waals surface area (Å²) in [6.07, 6.45) is 0.486. The van der Waals surface area contributed by atoms with E-state index < -0.39 is 5.97 Å². The van der Waals surface area contributed by atoms with Gasteiger partial charge in [-0.25, -0.2) is 0 Å². The summed E-state index contributed by atoms with van der Waals surface area (Å²) in [6, 6.07) is 16.5. The molecule has 0 aliphatic heterocycles. The molecule has 0 unspecified atom stereocenters. The molecule has 0 aliphatic rings. The van der Waals surface area contributed by atoms with Crippen LogP contribution in [0, 0.1) is 0 Å². The number of thioether (sulfide) groups is 2. The van der Waals surface area contributed by atoms with Gasteiger partial charge in [0.1, 0.15) is 0 Å². The average molecular weight is 514 g/mol. The van der Waals surface area contributed by atoms with Crippen LogP contribution in [0.15, 0.2) is 59.5 Å². The summed E-state index contributed by atoms with van der Waals surface area (Å²) < 4.78 is 1.10. The number of benzene rings is 2. The summed E-state index contributed by atoms with van der Waals surface area (Å²) in [5.74, 6) is -0.219. The molecule has 0 saturated heterocycles. The molecule has 0 atom stereocenters. The fraction of sp³-hybridized carbons (Fsp3) is 0.118. The maximum atomic E-state index is 11.9. The van der Waals surface area contributed by atoms with E-state index in [4.69, 9.17) is 5.11 Å². The number of aromatic carboxylic acids is 1. The van der Waals surface area contributed by atoms with E-state index in [1.807, 2.05) is 36.4 Å². The molecule has 1 N–H and O–H groups in total. The van der Waals surface area contributed by atoms with Gasteiger partial charge < -0.3 is 0 Å². The fourth-order valence-electron chi connectivity index (χ4n) is 1.76. The Morgan fingerprint density at radius 2 is 1.70 bits per heavy atom. The van der Waals surface area contributed by atoms with Crippen LogP contribution >= 0.6 is 23.5 Å². The van der Waals surface area contributed by atoms with Gasteiger partial charge in [0, 0.05) is 0 Å². The molecule has 2 rings (SSSR count). The predicted molar refractivity (Wildman–Crippen MR) is 91.9 cm³/mol. The van der Waals surface area contributed by atoms with Crippen LogP contribution < -0.4 is 0 Å². The van der Waals surface area contributed by atoms with Gasteiger partial charge >= 0.3 is 155 Å². The first-order valence-corrected chi connectivity index (χ1v) is 10.1. The molecule has 2 aromatic carbocycles. The van der Waals surface area contributed by atoms with Crippen molar-refractivity contribution in [3.05, 3.63) is 65.7 Å². The Kier molecular flexibility index (Phi) is 7.28. The molecule has 0 aliphatic carbocycles. The molecule has 0 amide bonds. The normalized spacial score (nSPS) is 10.3. The van der Waals surface area contributed by atoms with Gasteiger partial charge in [-0.2, -0.15) is 0 Å². The number of hydrogen-bond acceptors (Lipinski definition) is 4. The molecule has 118 valence electrons. The molecule has 6 heteroatoms. The van der Waals surface area contributed by atoms with Crippen LogP contribution in [0.5, 0.6) is 0 Å². The van der Waals surface area contributed by atoms with E-state index >= 15 is 0 Å². The van der Waals surface area contributed by atoms with E-state index in [0.717, 1.165) is 13.7 Å². The third-order valence-corrected chi connectivity index (χ3v) is 6.82. The van der Waals surface area contributed by atoms with E-state index in [0.29, 0.717) is 12.2 Å². The van der Waals surface area contributed by atoms with Crippen molar-refractivity contribution in [3.63, 3.8) is 0 Å². The molecule has 23 heavy (non-hydrogen) atoms. The number of rotatable bonds is 7. The third kappa shape index (κ3) is 6.09. The Labute approximate surface area is 154 Å². The second-order valence-corrected chi connectivity index (χ2v) is 9.29. The summed E-state index contributed by atoms with van der Waals surface area (Å²) in [7, 11) is 0. The van der Waals surface area contributed by atoms with Crippen molar-refractivity contribution in [2.24, 2.45) is 0 Å². The summed E-state index contributed by atoms with van der Waals surface area (Å²) >= 11 is 4.15. The fourth-order valence-corrected chi connectivity index (χ4v) is 4.77. The minimum absolute atomic E-state index is 0.144. The predicted octanol–water partition coefficient (Wildman–Crippen LogP) is 3.85. The van der Waals surface area contributed by atoms with Gasteiger partial charge in [-0.1, -0.05) is 0 Å². The van der Waals surface area contributed by atoms with Gasteiger partial charge in [-0.05, 0) is 0 Å². The standard InChI is InChI=1S/C17H14O3S2.W/c18-16(22-15-7-2-1-3-8-15)9-10-21-12-13-5-4-6-14(11-13)17(19)20;/h1-8,11H,9-10H2,(H,19,20);. The van der Waals surface area contributed by atoms with E-state index in [1.54, 1.807) is 30.0 Å². The van der Waals surface area contributed by atoms with Gasteiger partial charge in [-0.15, -0.1) is 0 Å². The first kappa shape index (κ1) is 18.2. The van der Waals surface area contributed by atoms with Crippen molar-refractivity contribution in [2.75, 3.05) is 5.75 Å². The van der Waals surface area contributed by atoms with E-state index in [1.165, 1.54) is 31.1 Å². The zero-order valence-electron chi connectivity index (χ0n) is 12.1. The van der Waals surface area contributed by atoms with Crippen molar-refractivity contribution < 1.29 is 34.0 Å². The number of carboxylic acids is 1. The minimum atomic E-state index is -0.922. The van der Waals surface area contributed by atoms with Gasteiger partial charge in [-0.3, -0.25) is 0 Å². The number of carbonyl (C=O) groups is 2. The molecular formula is C17H14O3S2W. The Morgan fingerprint density at radius 1 is 1.00 bits per heavy atom. The topological polar surface area (TPSA) is 54.4 Å². The second kappa shape index (κ2) is 9.21. The molecule has 3 nitrogen and oxygen atoms in total. The summed E-state index contributed by atoms with van der Waals surface area (Å²) in [5.41, 5.74) is 1.21. The molecule has 0 aromatic heterocycles. The van der Waals surface area contributed by atoms with Gasteiger partial charge in [0.2, 0.25) is 0 Å². The van der Waals surface area contributed by atoms with Crippen LogP contribution in [0.2, 0.25) is 0 Å². The Morgan fingerprint density at radius 3 is 2.39 bits per heavy atom.